The van der Waals surface area contributed by atoms with E-state index in [4.69, 9.17) is 21.6 Å². The Bertz CT molecular complexity index is 282. The molecule has 0 spiro atoms. The molecule has 1 saturated heterocycles. The van der Waals surface area contributed by atoms with E-state index in [1.807, 2.05) is 0 Å². The van der Waals surface area contributed by atoms with Crippen LogP contribution in [0.1, 0.15) is 12.8 Å². The van der Waals surface area contributed by atoms with Gasteiger partial charge in [0, 0.05) is 25.5 Å². The van der Waals surface area contributed by atoms with E-state index in [1.54, 1.807) is 0 Å². The van der Waals surface area contributed by atoms with Crippen molar-refractivity contribution >= 4 is 12.1 Å². The van der Waals surface area contributed by atoms with Gasteiger partial charge in [0.25, 0.3) is 5.91 Å². The number of amides is 1. The molecule has 0 atom stereocenters. The highest BCUT2D eigenvalue weighted by molar-refractivity contribution is 6.11. The summed E-state index contributed by atoms with van der Waals surface area (Å²) in [6, 6.07) is 0.188. The molecule has 0 saturated carbocycles. The van der Waals surface area contributed by atoms with E-state index in [9.17, 15) is 4.79 Å². The smallest absolute Gasteiger partial charge is 0.253 e. The zero-order chi connectivity index (χ0) is 11.3. The second kappa shape index (κ2) is 5.35. The summed E-state index contributed by atoms with van der Waals surface area (Å²) in [6.07, 6.45) is 2.54. The van der Waals surface area contributed by atoms with Gasteiger partial charge in [0.05, 0.1) is 5.57 Å². The van der Waals surface area contributed by atoms with Crippen LogP contribution in [-0.4, -0.2) is 31.4 Å². The van der Waals surface area contributed by atoms with Crippen LogP contribution in [0.5, 0.6) is 0 Å². The third-order valence-corrected chi connectivity index (χ3v) is 2.28. The lowest BCUT2D eigenvalue weighted by atomic mass is 10.1. The van der Waals surface area contributed by atoms with Crippen LogP contribution >= 0.6 is 0 Å². The summed E-state index contributed by atoms with van der Waals surface area (Å²) in [5.74, 6) is -0.522. The molecule has 0 aromatic rings. The molecule has 6 heteroatoms. The second-order valence-corrected chi connectivity index (χ2v) is 3.37. The largest absolute Gasteiger partial charge is 0.385 e. The number of carbonyl (C=O) groups is 1. The molecular weight excluding hydrogens is 196 g/mol. The van der Waals surface area contributed by atoms with Gasteiger partial charge in [-0.2, -0.15) is 0 Å². The molecule has 1 heterocycles. The van der Waals surface area contributed by atoms with Crippen molar-refractivity contribution < 1.29 is 9.53 Å². The molecule has 0 aromatic carbocycles. The predicted molar refractivity (Wildman–Crippen MR) is 56.2 cm³/mol. The fourth-order valence-corrected chi connectivity index (χ4v) is 1.42. The van der Waals surface area contributed by atoms with Gasteiger partial charge in [-0.3, -0.25) is 4.79 Å². The van der Waals surface area contributed by atoms with E-state index >= 15 is 0 Å². The molecule has 0 aromatic heterocycles. The number of rotatable bonds is 4. The van der Waals surface area contributed by atoms with E-state index in [0.717, 1.165) is 19.1 Å². The van der Waals surface area contributed by atoms with Crippen LogP contribution in [0.4, 0.5) is 0 Å². The Hall–Kier alpha value is -1.56. The first-order chi connectivity index (χ1) is 7.15. The monoisotopic (exact) mass is 212 g/mol. The summed E-state index contributed by atoms with van der Waals surface area (Å²) < 4.78 is 5.18. The van der Waals surface area contributed by atoms with Gasteiger partial charge in [0.2, 0.25) is 0 Å². The molecule has 0 unspecified atom stereocenters. The van der Waals surface area contributed by atoms with Crippen molar-refractivity contribution in [3.63, 3.8) is 0 Å². The van der Waals surface area contributed by atoms with Gasteiger partial charge in [-0.05, 0) is 12.8 Å². The highest BCUT2D eigenvalue weighted by Gasteiger charge is 2.15. The predicted octanol–water partition coefficient (Wildman–Crippen LogP) is -0.940. The Morgan fingerprint density at radius 1 is 1.40 bits per heavy atom. The average molecular weight is 212 g/mol. The van der Waals surface area contributed by atoms with Crippen LogP contribution in [0.15, 0.2) is 11.4 Å². The number of ether oxygens (including phenoxy) is 1. The van der Waals surface area contributed by atoms with Crippen LogP contribution in [0.2, 0.25) is 0 Å². The third-order valence-electron chi connectivity index (χ3n) is 2.28. The Kier molecular flexibility index (Phi) is 4.11. The molecule has 1 aliphatic rings. The van der Waals surface area contributed by atoms with Crippen molar-refractivity contribution in [3.05, 3.63) is 11.4 Å². The van der Waals surface area contributed by atoms with Gasteiger partial charge in [-0.25, -0.2) is 0 Å². The lowest BCUT2D eigenvalue weighted by molar-refractivity contribution is -0.114. The summed E-state index contributed by atoms with van der Waals surface area (Å²) in [5, 5.41) is 9.99. The number of nitrogens with two attached hydrogens (primary N) is 2. The molecule has 1 amide bonds. The highest BCUT2D eigenvalue weighted by atomic mass is 16.5. The molecule has 84 valence electrons. The van der Waals surface area contributed by atoms with Crippen LogP contribution in [0.3, 0.4) is 0 Å². The minimum Gasteiger partial charge on any atom is -0.385 e. The van der Waals surface area contributed by atoms with Gasteiger partial charge in [-0.1, -0.05) is 0 Å². The van der Waals surface area contributed by atoms with Crippen molar-refractivity contribution in [1.29, 1.82) is 5.41 Å². The lowest BCUT2D eigenvalue weighted by Crippen LogP contribution is -2.39. The highest BCUT2D eigenvalue weighted by Crippen LogP contribution is 2.07. The minimum absolute atomic E-state index is 0.0153. The quantitative estimate of drug-likeness (QED) is 0.355. The van der Waals surface area contributed by atoms with Crippen molar-refractivity contribution in [3.8, 4) is 0 Å². The summed E-state index contributed by atoms with van der Waals surface area (Å²) in [4.78, 5) is 10.9. The molecule has 0 bridgehead atoms. The molecule has 6 nitrogen and oxygen atoms in total. The maximum absolute atomic E-state index is 10.9. The Morgan fingerprint density at radius 2 is 2.00 bits per heavy atom. The molecule has 15 heavy (non-hydrogen) atoms. The van der Waals surface area contributed by atoms with Gasteiger partial charge in [-0.15, -0.1) is 0 Å². The van der Waals surface area contributed by atoms with Gasteiger partial charge in [0.15, 0.2) is 0 Å². The first-order valence-corrected chi connectivity index (χ1v) is 4.79. The Labute approximate surface area is 88.2 Å². The topological polar surface area (TPSA) is 114 Å². The van der Waals surface area contributed by atoms with Crippen LogP contribution in [0, 0.1) is 5.41 Å². The standard InChI is InChI=1S/C9H16N4O2/c10-5-7(9(12)14)8(11)13-6-1-3-15-4-2-6/h5-6,10,13H,1-4,11H2,(H2,12,14)/b8-7+,10-5?. The Morgan fingerprint density at radius 3 is 2.47 bits per heavy atom. The maximum Gasteiger partial charge on any atom is 0.253 e. The SMILES string of the molecule is N=C/C(C(N)=O)=C(/N)NC1CCOCC1. The number of hydrogen-bond acceptors (Lipinski definition) is 5. The normalized spacial score (nSPS) is 19.2. The zero-order valence-corrected chi connectivity index (χ0v) is 8.45. The zero-order valence-electron chi connectivity index (χ0n) is 8.45. The molecule has 0 aliphatic carbocycles. The summed E-state index contributed by atoms with van der Waals surface area (Å²) in [6.45, 7) is 1.36. The van der Waals surface area contributed by atoms with E-state index in [1.165, 1.54) is 0 Å². The fraction of sp³-hybridized carbons (Fsp3) is 0.556. The summed E-state index contributed by atoms with van der Waals surface area (Å²) in [7, 11) is 0. The number of primary amides is 1. The van der Waals surface area contributed by atoms with E-state index in [2.05, 4.69) is 5.32 Å². The lowest BCUT2D eigenvalue weighted by Gasteiger charge is -2.24. The molecule has 1 rings (SSSR count). The average Bonchev–Trinajstić information content (AvgIpc) is 2.19. The number of nitrogens with one attached hydrogen (secondary N) is 2. The third kappa shape index (κ3) is 3.25. The first kappa shape index (κ1) is 11.5. The summed E-state index contributed by atoms with van der Waals surface area (Å²) >= 11 is 0. The van der Waals surface area contributed by atoms with E-state index in [-0.39, 0.29) is 17.4 Å². The molecule has 6 N–H and O–H groups in total. The van der Waals surface area contributed by atoms with E-state index in [0.29, 0.717) is 13.2 Å². The molecule has 1 fully saturated rings. The maximum atomic E-state index is 10.9. The van der Waals surface area contributed by atoms with Gasteiger partial charge >= 0.3 is 0 Å². The van der Waals surface area contributed by atoms with Crippen LogP contribution in [-0.2, 0) is 9.53 Å². The Balaban J connectivity index is 2.61. The van der Waals surface area contributed by atoms with Crippen molar-refractivity contribution in [1.82, 2.24) is 5.32 Å². The molecule has 1 aliphatic heterocycles. The number of hydrogen-bond donors (Lipinski definition) is 4. The van der Waals surface area contributed by atoms with Crippen molar-refractivity contribution in [2.45, 2.75) is 18.9 Å². The van der Waals surface area contributed by atoms with Gasteiger partial charge in [0.1, 0.15) is 5.82 Å². The first-order valence-electron chi connectivity index (χ1n) is 4.79. The second-order valence-electron chi connectivity index (χ2n) is 3.37. The molecular formula is C9H16N4O2. The van der Waals surface area contributed by atoms with Crippen LogP contribution < -0.4 is 16.8 Å². The van der Waals surface area contributed by atoms with Crippen molar-refractivity contribution in [2.24, 2.45) is 11.5 Å². The van der Waals surface area contributed by atoms with Crippen LogP contribution in [0.25, 0.3) is 0 Å². The fourth-order valence-electron chi connectivity index (χ4n) is 1.42. The van der Waals surface area contributed by atoms with Crippen molar-refractivity contribution in [2.75, 3.05) is 13.2 Å². The summed E-state index contributed by atoms with van der Waals surface area (Å²) in [5.41, 5.74) is 10.7. The minimum atomic E-state index is -0.693. The number of carbonyl (C=O) groups excluding carboxylic acids is 1. The van der Waals surface area contributed by atoms with Gasteiger partial charge < -0.3 is 26.9 Å². The molecule has 0 radical (unpaired) electrons. The van der Waals surface area contributed by atoms with E-state index < -0.39 is 5.91 Å².